The second-order valence-corrected chi connectivity index (χ2v) is 10.4. The van der Waals surface area contributed by atoms with E-state index in [-0.39, 0.29) is 30.3 Å². The molecule has 180 valence electrons. The first kappa shape index (κ1) is 23.8. The van der Waals surface area contributed by atoms with E-state index >= 15 is 0 Å². The monoisotopic (exact) mass is 464 g/mol. The zero-order chi connectivity index (χ0) is 24.5. The maximum absolute atomic E-state index is 12.9. The molecule has 0 saturated heterocycles. The van der Waals surface area contributed by atoms with Crippen LogP contribution in [0.15, 0.2) is 48.5 Å². The fraction of sp³-hybridized carbons (Fsp3) is 0.444. The van der Waals surface area contributed by atoms with Crippen LogP contribution in [-0.4, -0.2) is 41.8 Å². The van der Waals surface area contributed by atoms with Crippen LogP contribution in [0.2, 0.25) is 0 Å². The Balaban J connectivity index is 1.40. The number of fused-ring (bicyclic) bond motifs is 3. The maximum Gasteiger partial charge on any atom is 0.407 e. The van der Waals surface area contributed by atoms with Gasteiger partial charge in [0.15, 0.2) is 0 Å². The molecule has 2 aliphatic rings. The van der Waals surface area contributed by atoms with Crippen molar-refractivity contribution in [1.82, 2.24) is 10.6 Å². The molecule has 2 aromatic rings. The van der Waals surface area contributed by atoms with Crippen molar-refractivity contribution >= 4 is 18.0 Å². The van der Waals surface area contributed by atoms with E-state index in [2.05, 4.69) is 22.8 Å². The normalized spacial score (nSPS) is 16.7. The van der Waals surface area contributed by atoms with Gasteiger partial charge in [0.25, 0.3) is 0 Å². The molecule has 1 saturated carbocycles. The van der Waals surface area contributed by atoms with Gasteiger partial charge < -0.3 is 20.5 Å². The Morgan fingerprint density at radius 3 is 2.03 bits per heavy atom. The summed E-state index contributed by atoms with van der Waals surface area (Å²) in [5.74, 6) is -1.65. The molecule has 34 heavy (non-hydrogen) atoms. The first-order valence-corrected chi connectivity index (χ1v) is 11.8. The summed E-state index contributed by atoms with van der Waals surface area (Å²) in [6, 6.07) is 14.3. The predicted molar refractivity (Wildman–Crippen MR) is 128 cm³/mol. The number of carbonyl (C=O) groups excluding carboxylic acids is 2. The predicted octanol–water partition coefficient (Wildman–Crippen LogP) is 4.31. The number of hydrogen-bond acceptors (Lipinski definition) is 4. The first-order valence-electron chi connectivity index (χ1n) is 11.8. The SMILES string of the molecule is CC(C)(C)CC(NC(=O)C(NC(=O)OCC1c2ccccc2-c2ccccc21)C1CC1)C(=O)O. The highest BCUT2D eigenvalue weighted by atomic mass is 16.5. The molecule has 0 spiro atoms. The molecule has 2 atom stereocenters. The number of rotatable bonds is 8. The number of alkyl carbamates (subject to hydrolysis) is 1. The van der Waals surface area contributed by atoms with E-state index in [4.69, 9.17) is 4.74 Å². The van der Waals surface area contributed by atoms with Crippen molar-refractivity contribution in [1.29, 1.82) is 0 Å². The Labute approximate surface area is 199 Å². The fourth-order valence-electron chi connectivity index (χ4n) is 4.67. The van der Waals surface area contributed by atoms with Gasteiger partial charge in [0.1, 0.15) is 18.7 Å². The van der Waals surface area contributed by atoms with Gasteiger partial charge >= 0.3 is 12.1 Å². The number of carbonyl (C=O) groups is 3. The molecule has 7 heteroatoms. The molecule has 2 unspecified atom stereocenters. The number of carboxylic acid groups (broad SMARTS) is 1. The molecule has 0 heterocycles. The van der Waals surface area contributed by atoms with Crippen molar-refractivity contribution in [2.75, 3.05) is 6.61 Å². The lowest BCUT2D eigenvalue weighted by Gasteiger charge is -2.26. The van der Waals surface area contributed by atoms with E-state index in [1.54, 1.807) is 0 Å². The average Bonchev–Trinajstić information content (AvgIpc) is 3.57. The van der Waals surface area contributed by atoms with E-state index in [9.17, 15) is 19.5 Å². The standard InChI is InChI=1S/C27H32N2O5/c1-27(2,3)14-22(25(31)32)28-24(30)23(16-12-13-16)29-26(33)34-15-21-19-10-6-4-8-17(19)18-9-5-7-11-20(18)21/h4-11,16,21-23H,12-15H2,1-3H3,(H,28,30)(H,29,33)(H,31,32). The van der Waals surface area contributed by atoms with Gasteiger partial charge in [-0.05, 0) is 52.8 Å². The van der Waals surface area contributed by atoms with E-state index in [0.29, 0.717) is 0 Å². The van der Waals surface area contributed by atoms with Crippen molar-refractivity contribution in [3.63, 3.8) is 0 Å². The Morgan fingerprint density at radius 1 is 0.971 bits per heavy atom. The largest absolute Gasteiger partial charge is 0.480 e. The lowest BCUT2D eigenvalue weighted by atomic mass is 9.88. The quantitative estimate of drug-likeness (QED) is 0.540. The second-order valence-electron chi connectivity index (χ2n) is 10.4. The van der Waals surface area contributed by atoms with Crippen molar-refractivity contribution in [3.05, 3.63) is 59.7 Å². The fourth-order valence-corrected chi connectivity index (χ4v) is 4.67. The molecule has 4 rings (SSSR count). The van der Waals surface area contributed by atoms with Gasteiger partial charge in [-0.3, -0.25) is 4.79 Å². The van der Waals surface area contributed by atoms with Crippen LogP contribution < -0.4 is 10.6 Å². The zero-order valence-electron chi connectivity index (χ0n) is 19.8. The van der Waals surface area contributed by atoms with Crippen LogP contribution in [0, 0.1) is 11.3 Å². The number of ether oxygens (including phenoxy) is 1. The summed E-state index contributed by atoms with van der Waals surface area (Å²) in [4.78, 5) is 37.3. The van der Waals surface area contributed by atoms with Crippen LogP contribution in [0.5, 0.6) is 0 Å². The maximum atomic E-state index is 12.9. The Morgan fingerprint density at radius 2 is 1.53 bits per heavy atom. The Hall–Kier alpha value is -3.35. The van der Waals surface area contributed by atoms with E-state index in [0.717, 1.165) is 35.1 Å². The summed E-state index contributed by atoms with van der Waals surface area (Å²) >= 11 is 0. The zero-order valence-corrected chi connectivity index (χ0v) is 19.8. The molecule has 7 nitrogen and oxygen atoms in total. The van der Waals surface area contributed by atoms with Gasteiger partial charge in [0.05, 0.1) is 0 Å². The van der Waals surface area contributed by atoms with Gasteiger partial charge in [-0.2, -0.15) is 0 Å². The lowest BCUT2D eigenvalue weighted by Crippen LogP contribution is -2.53. The summed E-state index contributed by atoms with van der Waals surface area (Å²) in [6.45, 7) is 5.91. The van der Waals surface area contributed by atoms with Crippen LogP contribution in [-0.2, 0) is 14.3 Å². The molecular formula is C27H32N2O5. The van der Waals surface area contributed by atoms with Crippen LogP contribution in [0.1, 0.15) is 57.1 Å². The van der Waals surface area contributed by atoms with Crippen LogP contribution >= 0.6 is 0 Å². The van der Waals surface area contributed by atoms with Crippen LogP contribution in [0.25, 0.3) is 11.1 Å². The summed E-state index contributed by atoms with van der Waals surface area (Å²) in [6.07, 6.45) is 1.23. The third kappa shape index (κ3) is 5.41. The smallest absolute Gasteiger partial charge is 0.407 e. The number of amides is 2. The van der Waals surface area contributed by atoms with Crippen molar-refractivity contribution < 1.29 is 24.2 Å². The Bertz CT molecular complexity index is 1040. The molecule has 2 aromatic carbocycles. The molecular weight excluding hydrogens is 432 g/mol. The third-order valence-electron chi connectivity index (χ3n) is 6.42. The van der Waals surface area contributed by atoms with Gasteiger partial charge in [-0.15, -0.1) is 0 Å². The molecule has 2 aliphatic carbocycles. The van der Waals surface area contributed by atoms with E-state index < -0.39 is 30.1 Å². The summed E-state index contributed by atoms with van der Waals surface area (Å²) < 4.78 is 5.58. The van der Waals surface area contributed by atoms with Crippen molar-refractivity contribution in [2.45, 2.75) is 58.0 Å². The number of benzene rings is 2. The highest BCUT2D eigenvalue weighted by Crippen LogP contribution is 2.44. The molecule has 0 radical (unpaired) electrons. The minimum atomic E-state index is -1.08. The second kappa shape index (κ2) is 9.49. The number of aliphatic carboxylic acids is 1. The van der Waals surface area contributed by atoms with Crippen LogP contribution in [0.3, 0.4) is 0 Å². The van der Waals surface area contributed by atoms with Gasteiger partial charge in [0.2, 0.25) is 5.91 Å². The molecule has 0 bridgehead atoms. The summed E-state index contributed by atoms with van der Waals surface area (Å²) in [7, 11) is 0. The Kier molecular flexibility index (Phi) is 6.64. The number of carboxylic acids is 1. The van der Waals surface area contributed by atoms with Crippen molar-refractivity contribution in [2.24, 2.45) is 11.3 Å². The highest BCUT2D eigenvalue weighted by Gasteiger charge is 2.40. The van der Waals surface area contributed by atoms with E-state index in [1.165, 1.54) is 0 Å². The third-order valence-corrected chi connectivity index (χ3v) is 6.42. The minimum absolute atomic E-state index is 0.00966. The molecule has 3 N–H and O–H groups in total. The van der Waals surface area contributed by atoms with Gasteiger partial charge in [0, 0.05) is 5.92 Å². The summed E-state index contributed by atoms with van der Waals surface area (Å²) in [5.41, 5.74) is 4.23. The topological polar surface area (TPSA) is 105 Å². The average molecular weight is 465 g/mol. The molecule has 2 amide bonds. The van der Waals surface area contributed by atoms with Gasteiger partial charge in [-0.1, -0.05) is 69.3 Å². The summed E-state index contributed by atoms with van der Waals surface area (Å²) in [5, 5.41) is 14.8. The molecule has 0 aromatic heterocycles. The molecule has 1 fully saturated rings. The van der Waals surface area contributed by atoms with Crippen molar-refractivity contribution in [3.8, 4) is 11.1 Å². The highest BCUT2D eigenvalue weighted by molar-refractivity contribution is 5.89. The number of hydrogen-bond donors (Lipinski definition) is 3. The lowest BCUT2D eigenvalue weighted by molar-refractivity contribution is -0.143. The van der Waals surface area contributed by atoms with Gasteiger partial charge in [-0.25, -0.2) is 9.59 Å². The first-order chi connectivity index (χ1) is 16.1. The van der Waals surface area contributed by atoms with E-state index in [1.807, 2.05) is 57.2 Å². The molecule has 0 aliphatic heterocycles. The number of nitrogens with one attached hydrogen (secondary N) is 2. The minimum Gasteiger partial charge on any atom is -0.480 e. The van der Waals surface area contributed by atoms with Crippen LogP contribution in [0.4, 0.5) is 4.79 Å².